The minimum atomic E-state index is -0.0853. The monoisotopic (exact) mass is 268 g/mol. The highest BCUT2D eigenvalue weighted by atomic mass is 15.3. The van der Waals surface area contributed by atoms with Crippen LogP contribution in [0, 0.1) is 0 Å². The minimum absolute atomic E-state index is 0.0853. The van der Waals surface area contributed by atoms with Crippen LogP contribution in [0.15, 0.2) is 42.9 Å². The summed E-state index contributed by atoms with van der Waals surface area (Å²) in [6, 6.07) is 9.90. The smallest absolute Gasteiger partial charge is 0.163 e. The van der Waals surface area contributed by atoms with Crippen LogP contribution < -0.4 is 11.1 Å². The third kappa shape index (κ3) is 2.33. The molecule has 3 aromatic rings. The van der Waals surface area contributed by atoms with E-state index in [9.17, 15) is 0 Å². The molecule has 0 aliphatic heterocycles. The first-order valence-electron chi connectivity index (χ1n) is 6.43. The Morgan fingerprint density at radius 1 is 1.25 bits per heavy atom. The third-order valence-electron chi connectivity index (χ3n) is 3.25. The highest BCUT2D eigenvalue weighted by Crippen LogP contribution is 2.18. The molecule has 102 valence electrons. The number of nitrogens with zero attached hydrogens (tertiary/aromatic N) is 4. The van der Waals surface area contributed by atoms with E-state index in [2.05, 4.69) is 20.4 Å². The summed E-state index contributed by atoms with van der Waals surface area (Å²) in [4.78, 5) is 8.46. The molecule has 0 aliphatic rings. The zero-order chi connectivity index (χ0) is 13.9. The van der Waals surface area contributed by atoms with Gasteiger partial charge in [-0.15, -0.1) is 0 Å². The van der Waals surface area contributed by atoms with Crippen molar-refractivity contribution < 1.29 is 0 Å². The van der Waals surface area contributed by atoms with Crippen LogP contribution in [-0.2, 0) is 7.05 Å². The molecule has 0 spiro atoms. The van der Waals surface area contributed by atoms with Gasteiger partial charge in [-0.25, -0.2) is 9.97 Å². The second-order valence-corrected chi connectivity index (χ2v) is 4.63. The van der Waals surface area contributed by atoms with E-state index < -0.39 is 0 Å². The van der Waals surface area contributed by atoms with Gasteiger partial charge in [-0.2, -0.15) is 5.10 Å². The number of rotatable bonds is 4. The Balaban J connectivity index is 1.77. The lowest BCUT2D eigenvalue weighted by Crippen LogP contribution is -2.21. The summed E-state index contributed by atoms with van der Waals surface area (Å²) < 4.78 is 1.72. The highest BCUT2D eigenvalue weighted by Gasteiger charge is 2.10. The molecule has 0 saturated carbocycles. The first-order valence-corrected chi connectivity index (χ1v) is 6.43. The van der Waals surface area contributed by atoms with Crippen molar-refractivity contribution in [1.82, 2.24) is 19.7 Å². The maximum absolute atomic E-state index is 6.17. The molecular weight excluding hydrogens is 252 g/mol. The molecule has 20 heavy (non-hydrogen) atoms. The van der Waals surface area contributed by atoms with Crippen LogP contribution in [0.2, 0.25) is 0 Å². The maximum Gasteiger partial charge on any atom is 0.163 e. The topological polar surface area (TPSA) is 81.7 Å². The van der Waals surface area contributed by atoms with E-state index >= 15 is 0 Å². The van der Waals surface area contributed by atoms with Gasteiger partial charge in [0.2, 0.25) is 0 Å². The fraction of sp³-hybridized carbons (Fsp3) is 0.214. The third-order valence-corrected chi connectivity index (χ3v) is 3.25. The maximum atomic E-state index is 6.17. The van der Waals surface area contributed by atoms with Gasteiger partial charge in [0.1, 0.15) is 12.1 Å². The van der Waals surface area contributed by atoms with Gasteiger partial charge in [0, 0.05) is 19.6 Å². The predicted octanol–water partition coefficient (Wildman–Crippen LogP) is 1.48. The molecule has 1 aromatic carbocycles. The first kappa shape index (κ1) is 12.6. The average molecular weight is 268 g/mol. The average Bonchev–Trinajstić information content (AvgIpc) is 2.88. The molecule has 2 heterocycles. The van der Waals surface area contributed by atoms with Gasteiger partial charge in [0.05, 0.1) is 11.6 Å². The Labute approximate surface area is 116 Å². The largest absolute Gasteiger partial charge is 0.367 e. The fourth-order valence-corrected chi connectivity index (χ4v) is 2.13. The summed E-state index contributed by atoms with van der Waals surface area (Å²) in [6.07, 6.45) is 3.28. The summed E-state index contributed by atoms with van der Waals surface area (Å²) in [5, 5.41) is 8.35. The van der Waals surface area contributed by atoms with Crippen molar-refractivity contribution >= 4 is 16.9 Å². The Hall–Kier alpha value is -2.47. The molecule has 6 nitrogen and oxygen atoms in total. The number of hydrogen-bond donors (Lipinski definition) is 2. The van der Waals surface area contributed by atoms with Crippen molar-refractivity contribution in [2.45, 2.75) is 6.04 Å². The normalized spacial score (nSPS) is 12.5. The molecule has 0 radical (unpaired) electrons. The summed E-state index contributed by atoms with van der Waals surface area (Å²) in [7, 11) is 1.86. The van der Waals surface area contributed by atoms with Crippen molar-refractivity contribution in [2.75, 3.05) is 11.9 Å². The molecule has 3 N–H and O–H groups in total. The Kier molecular flexibility index (Phi) is 3.30. The summed E-state index contributed by atoms with van der Waals surface area (Å²) >= 11 is 0. The van der Waals surface area contributed by atoms with E-state index in [1.54, 1.807) is 10.9 Å². The number of aromatic nitrogens is 4. The molecule has 1 unspecified atom stereocenters. The van der Waals surface area contributed by atoms with Crippen LogP contribution in [-0.4, -0.2) is 26.3 Å². The van der Waals surface area contributed by atoms with Gasteiger partial charge >= 0.3 is 0 Å². The lowest BCUT2D eigenvalue weighted by molar-refractivity contribution is 0.762. The van der Waals surface area contributed by atoms with Gasteiger partial charge in [-0.3, -0.25) is 4.68 Å². The number of anilines is 1. The summed E-state index contributed by atoms with van der Waals surface area (Å²) in [6.45, 7) is 0.602. The van der Waals surface area contributed by atoms with Crippen LogP contribution >= 0.6 is 0 Å². The van der Waals surface area contributed by atoms with E-state index in [4.69, 9.17) is 5.73 Å². The standard InChI is InChI=1S/C14H16N6/c1-20-14-11(7-19-20)13(17-9-18-14)16-8-12(15)10-5-3-2-4-6-10/h2-7,9,12H,8,15H2,1H3,(H,16,17,18). The molecule has 0 saturated heterocycles. The zero-order valence-electron chi connectivity index (χ0n) is 11.2. The number of nitrogens with one attached hydrogen (secondary N) is 1. The van der Waals surface area contributed by atoms with Crippen molar-refractivity contribution in [1.29, 1.82) is 0 Å². The molecule has 0 bridgehead atoms. The van der Waals surface area contributed by atoms with Gasteiger partial charge in [0.15, 0.2) is 5.65 Å². The van der Waals surface area contributed by atoms with E-state index in [0.29, 0.717) is 6.54 Å². The van der Waals surface area contributed by atoms with E-state index in [1.165, 1.54) is 6.33 Å². The lowest BCUT2D eigenvalue weighted by atomic mass is 10.1. The second-order valence-electron chi connectivity index (χ2n) is 4.63. The molecule has 0 fully saturated rings. The van der Waals surface area contributed by atoms with Crippen LogP contribution in [0.1, 0.15) is 11.6 Å². The fourth-order valence-electron chi connectivity index (χ4n) is 2.13. The van der Waals surface area contributed by atoms with Crippen LogP contribution in [0.25, 0.3) is 11.0 Å². The summed E-state index contributed by atoms with van der Waals surface area (Å²) in [5.41, 5.74) is 8.06. The zero-order valence-corrected chi connectivity index (χ0v) is 11.2. The SMILES string of the molecule is Cn1ncc2c(NCC(N)c3ccccc3)ncnc21. The Bertz CT molecular complexity index is 706. The van der Waals surface area contributed by atoms with Gasteiger partial charge in [-0.1, -0.05) is 30.3 Å². The van der Waals surface area contributed by atoms with Crippen LogP contribution in [0.3, 0.4) is 0 Å². The number of hydrogen-bond acceptors (Lipinski definition) is 5. The van der Waals surface area contributed by atoms with Gasteiger partial charge in [-0.05, 0) is 5.56 Å². The molecule has 0 aliphatic carbocycles. The van der Waals surface area contributed by atoms with Crippen molar-refractivity contribution in [3.8, 4) is 0 Å². The molecule has 6 heteroatoms. The van der Waals surface area contributed by atoms with Crippen molar-refractivity contribution in [3.05, 3.63) is 48.4 Å². The number of nitrogens with two attached hydrogens (primary N) is 1. The molecular formula is C14H16N6. The number of benzene rings is 1. The number of fused-ring (bicyclic) bond motifs is 1. The number of aryl methyl sites for hydroxylation is 1. The van der Waals surface area contributed by atoms with Gasteiger partial charge in [0.25, 0.3) is 0 Å². The lowest BCUT2D eigenvalue weighted by Gasteiger charge is -2.13. The Morgan fingerprint density at radius 3 is 2.85 bits per heavy atom. The minimum Gasteiger partial charge on any atom is -0.367 e. The van der Waals surface area contributed by atoms with Crippen LogP contribution in [0.5, 0.6) is 0 Å². The van der Waals surface area contributed by atoms with E-state index in [-0.39, 0.29) is 6.04 Å². The molecule has 3 rings (SSSR count). The van der Waals surface area contributed by atoms with E-state index in [0.717, 1.165) is 22.4 Å². The van der Waals surface area contributed by atoms with Crippen molar-refractivity contribution in [3.63, 3.8) is 0 Å². The molecule has 2 aromatic heterocycles. The predicted molar refractivity (Wildman–Crippen MR) is 78.2 cm³/mol. The Morgan fingerprint density at radius 2 is 2.05 bits per heavy atom. The molecule has 0 amide bonds. The molecule has 1 atom stereocenters. The summed E-state index contributed by atoms with van der Waals surface area (Å²) in [5.74, 6) is 0.759. The van der Waals surface area contributed by atoms with Crippen LogP contribution in [0.4, 0.5) is 5.82 Å². The van der Waals surface area contributed by atoms with E-state index in [1.807, 2.05) is 37.4 Å². The quantitative estimate of drug-likeness (QED) is 0.749. The van der Waals surface area contributed by atoms with Gasteiger partial charge < -0.3 is 11.1 Å². The second kappa shape index (κ2) is 5.26. The highest BCUT2D eigenvalue weighted by molar-refractivity contribution is 5.85. The van der Waals surface area contributed by atoms with Crippen molar-refractivity contribution in [2.24, 2.45) is 12.8 Å². The first-order chi connectivity index (χ1) is 9.75.